The van der Waals surface area contributed by atoms with Crippen molar-refractivity contribution in [1.82, 2.24) is 9.97 Å². The number of ether oxygens (including phenoxy) is 2. The predicted octanol–water partition coefficient (Wildman–Crippen LogP) is 9.15. The van der Waals surface area contributed by atoms with Crippen LogP contribution in [0, 0.1) is 27.7 Å². The van der Waals surface area contributed by atoms with Crippen molar-refractivity contribution in [2.45, 2.75) is 47.0 Å². The third-order valence-electron chi connectivity index (χ3n) is 6.07. The van der Waals surface area contributed by atoms with E-state index < -0.39 is 5.41 Å². The van der Waals surface area contributed by atoms with E-state index in [4.69, 9.17) is 19.4 Å². The lowest BCUT2D eigenvalue weighted by atomic mass is 9.84. The highest BCUT2D eigenvalue weighted by Gasteiger charge is 2.29. The Morgan fingerprint density at radius 3 is 1.29 bits per heavy atom. The molecule has 0 N–H and O–H groups in total. The average Bonchev–Trinajstić information content (AvgIpc) is 2.78. The molecule has 2 aromatic heterocycles. The van der Waals surface area contributed by atoms with Gasteiger partial charge >= 0.3 is 0 Å². The fourth-order valence-electron chi connectivity index (χ4n) is 3.99. The SMILES string of the molecule is Cc1cccc(C)c1Oc1cc(Br)nc(C(C)(C)c2cc(Oc3c(C)cccc3C)cc(Br)n2)c1. The van der Waals surface area contributed by atoms with Crippen LogP contribution in [0.3, 0.4) is 0 Å². The highest BCUT2D eigenvalue weighted by Crippen LogP contribution is 2.38. The Bertz CT molecular complexity index is 1250. The minimum Gasteiger partial charge on any atom is -0.457 e. The molecular formula is C29H28Br2N2O2. The summed E-state index contributed by atoms with van der Waals surface area (Å²) in [6.45, 7) is 12.4. The Balaban J connectivity index is 1.72. The standard InChI is InChI=1S/C29H28Br2N2O2/c1-17-9-7-10-18(2)27(17)34-21-13-23(32-25(30)15-21)29(5,6)24-14-22(16-26(31)33-24)35-28-19(3)11-8-12-20(28)4/h7-16H,1-6H3. The second-order valence-electron chi connectivity index (χ2n) is 9.29. The van der Waals surface area contributed by atoms with Gasteiger partial charge in [0.2, 0.25) is 0 Å². The van der Waals surface area contributed by atoms with Crippen LogP contribution < -0.4 is 9.47 Å². The van der Waals surface area contributed by atoms with E-state index in [0.29, 0.717) is 20.7 Å². The maximum atomic E-state index is 6.32. The highest BCUT2D eigenvalue weighted by molar-refractivity contribution is 9.10. The zero-order valence-electron chi connectivity index (χ0n) is 20.7. The molecule has 2 aromatic carbocycles. The molecule has 4 rings (SSSR count). The summed E-state index contributed by atoms with van der Waals surface area (Å²) in [5, 5.41) is 0. The van der Waals surface area contributed by atoms with Crippen LogP contribution in [0.5, 0.6) is 23.0 Å². The molecule has 6 heteroatoms. The first-order chi connectivity index (χ1) is 16.5. The summed E-state index contributed by atoms with van der Waals surface area (Å²) in [7, 11) is 0. The van der Waals surface area contributed by atoms with Gasteiger partial charge in [0.05, 0.1) is 11.4 Å². The average molecular weight is 596 g/mol. The van der Waals surface area contributed by atoms with Gasteiger partial charge in [-0.2, -0.15) is 0 Å². The Hall–Kier alpha value is -2.70. The molecule has 0 aliphatic carbocycles. The van der Waals surface area contributed by atoms with Gasteiger partial charge in [0.15, 0.2) is 0 Å². The molecule has 0 radical (unpaired) electrons. The Kier molecular flexibility index (Phi) is 7.34. The second-order valence-corrected chi connectivity index (χ2v) is 10.9. The molecule has 4 nitrogen and oxygen atoms in total. The van der Waals surface area contributed by atoms with Gasteiger partial charge in [-0.1, -0.05) is 36.4 Å². The van der Waals surface area contributed by atoms with Crippen LogP contribution in [-0.4, -0.2) is 9.97 Å². The van der Waals surface area contributed by atoms with Crippen LogP contribution in [0.25, 0.3) is 0 Å². The molecule has 0 amide bonds. The summed E-state index contributed by atoms with van der Waals surface area (Å²) in [5.74, 6) is 3.15. The molecule has 0 atom stereocenters. The molecule has 0 fully saturated rings. The van der Waals surface area contributed by atoms with E-state index >= 15 is 0 Å². The fourth-order valence-corrected chi connectivity index (χ4v) is 4.83. The third-order valence-corrected chi connectivity index (χ3v) is 6.89. The number of halogens is 2. The molecule has 0 unspecified atom stereocenters. The number of pyridine rings is 2. The predicted molar refractivity (Wildman–Crippen MR) is 148 cm³/mol. The Morgan fingerprint density at radius 1 is 0.600 bits per heavy atom. The molecular weight excluding hydrogens is 568 g/mol. The molecule has 0 saturated carbocycles. The first-order valence-corrected chi connectivity index (χ1v) is 13.0. The van der Waals surface area contributed by atoms with Crippen LogP contribution in [0.4, 0.5) is 0 Å². The van der Waals surface area contributed by atoms with E-state index in [-0.39, 0.29) is 0 Å². The fraction of sp³-hybridized carbons (Fsp3) is 0.241. The lowest BCUT2D eigenvalue weighted by molar-refractivity contribution is 0.465. The maximum Gasteiger partial charge on any atom is 0.133 e. The van der Waals surface area contributed by atoms with Crippen molar-refractivity contribution in [3.8, 4) is 23.0 Å². The molecule has 180 valence electrons. The normalized spacial score (nSPS) is 11.4. The van der Waals surface area contributed by atoms with E-state index in [1.54, 1.807) is 0 Å². The zero-order valence-corrected chi connectivity index (χ0v) is 23.9. The van der Waals surface area contributed by atoms with Crippen LogP contribution in [0.1, 0.15) is 47.5 Å². The van der Waals surface area contributed by atoms with Crippen molar-refractivity contribution in [2.24, 2.45) is 0 Å². The highest BCUT2D eigenvalue weighted by atomic mass is 79.9. The second kappa shape index (κ2) is 10.1. The van der Waals surface area contributed by atoms with E-state index in [0.717, 1.165) is 45.1 Å². The van der Waals surface area contributed by atoms with E-state index in [2.05, 4.69) is 45.7 Å². The lowest BCUT2D eigenvalue weighted by Crippen LogP contribution is -2.22. The Labute approximate surface area is 224 Å². The van der Waals surface area contributed by atoms with Gasteiger partial charge in [0, 0.05) is 29.7 Å². The molecule has 2 heterocycles. The van der Waals surface area contributed by atoms with Crippen molar-refractivity contribution in [3.63, 3.8) is 0 Å². The van der Waals surface area contributed by atoms with E-state index in [1.807, 2.05) is 88.4 Å². The van der Waals surface area contributed by atoms with Gasteiger partial charge in [-0.15, -0.1) is 0 Å². The summed E-state index contributed by atoms with van der Waals surface area (Å²) >= 11 is 7.14. The Morgan fingerprint density at radius 2 is 0.943 bits per heavy atom. The lowest BCUT2D eigenvalue weighted by Gasteiger charge is -2.25. The molecule has 0 spiro atoms. The van der Waals surface area contributed by atoms with Crippen LogP contribution >= 0.6 is 31.9 Å². The first kappa shape index (κ1) is 25.4. The summed E-state index contributed by atoms with van der Waals surface area (Å²) in [6.07, 6.45) is 0. The maximum absolute atomic E-state index is 6.32. The molecule has 0 aliphatic rings. The van der Waals surface area contributed by atoms with Gasteiger partial charge in [0.1, 0.15) is 32.2 Å². The van der Waals surface area contributed by atoms with E-state index in [1.165, 1.54) is 0 Å². The first-order valence-electron chi connectivity index (χ1n) is 11.4. The number of benzene rings is 2. The van der Waals surface area contributed by atoms with Crippen molar-refractivity contribution in [1.29, 1.82) is 0 Å². The van der Waals surface area contributed by atoms with Crippen LogP contribution in [0.2, 0.25) is 0 Å². The quantitative estimate of drug-likeness (QED) is 0.208. The summed E-state index contributed by atoms with van der Waals surface area (Å²) in [5.41, 5.74) is 5.47. The van der Waals surface area contributed by atoms with E-state index in [9.17, 15) is 0 Å². The minimum atomic E-state index is -0.522. The topological polar surface area (TPSA) is 44.2 Å². The summed E-state index contributed by atoms with van der Waals surface area (Å²) < 4.78 is 14.0. The molecule has 0 saturated heterocycles. The smallest absolute Gasteiger partial charge is 0.133 e. The van der Waals surface area contributed by atoms with Crippen molar-refractivity contribution < 1.29 is 9.47 Å². The number of hydrogen-bond acceptors (Lipinski definition) is 4. The van der Waals surface area contributed by atoms with Gasteiger partial charge < -0.3 is 9.47 Å². The number of rotatable bonds is 6. The molecule has 0 aliphatic heterocycles. The van der Waals surface area contributed by atoms with Crippen LogP contribution in [0.15, 0.2) is 69.9 Å². The molecule has 4 aromatic rings. The summed E-state index contributed by atoms with van der Waals surface area (Å²) in [4.78, 5) is 9.56. The number of aromatic nitrogens is 2. The number of para-hydroxylation sites is 2. The van der Waals surface area contributed by atoms with Crippen molar-refractivity contribution in [3.05, 3.63) is 104 Å². The minimum absolute atomic E-state index is 0.522. The number of aryl methyl sites for hydroxylation is 4. The zero-order chi connectivity index (χ0) is 25.3. The molecule has 35 heavy (non-hydrogen) atoms. The van der Waals surface area contributed by atoms with Gasteiger partial charge in [0.25, 0.3) is 0 Å². The largest absolute Gasteiger partial charge is 0.457 e. The van der Waals surface area contributed by atoms with Gasteiger partial charge in [-0.05, 0) is 95.7 Å². The van der Waals surface area contributed by atoms with Gasteiger partial charge in [-0.3, -0.25) is 0 Å². The monoisotopic (exact) mass is 594 g/mol. The molecule has 0 bridgehead atoms. The third kappa shape index (κ3) is 5.60. The number of hydrogen-bond donors (Lipinski definition) is 0. The van der Waals surface area contributed by atoms with Crippen molar-refractivity contribution >= 4 is 31.9 Å². The van der Waals surface area contributed by atoms with Crippen LogP contribution in [-0.2, 0) is 5.41 Å². The van der Waals surface area contributed by atoms with Gasteiger partial charge in [-0.25, -0.2) is 9.97 Å². The summed E-state index contributed by atoms with van der Waals surface area (Å²) in [6, 6.07) is 20.0. The number of nitrogens with zero attached hydrogens (tertiary/aromatic N) is 2. The van der Waals surface area contributed by atoms with Crippen molar-refractivity contribution in [2.75, 3.05) is 0 Å².